The first kappa shape index (κ1) is 13.7. The summed E-state index contributed by atoms with van der Waals surface area (Å²) in [7, 11) is 0. The number of carbonyl (C=O) groups excluding carboxylic acids is 1. The lowest BCUT2D eigenvalue weighted by molar-refractivity contribution is -0.274. The number of amides is 2. The van der Waals surface area contributed by atoms with Crippen LogP contribution in [0.4, 0.5) is 29.3 Å². The molecule has 0 saturated heterocycles. The summed E-state index contributed by atoms with van der Waals surface area (Å²) in [5.41, 5.74) is 0.778. The first-order valence-electron chi connectivity index (χ1n) is 5.35. The molecule has 2 rings (SSSR count). The van der Waals surface area contributed by atoms with Gasteiger partial charge in [-0.15, -0.1) is 13.2 Å². The number of alkyl halides is 3. The van der Waals surface area contributed by atoms with E-state index in [1.165, 1.54) is 24.5 Å². The molecule has 2 amide bonds. The molecule has 106 valence electrons. The summed E-state index contributed by atoms with van der Waals surface area (Å²) in [5, 5.41) is 11.1. The molecule has 20 heavy (non-hydrogen) atoms. The standard InChI is InChI=1S/C11H9F3N4O2/c12-11(13,14)20-9-3-1-7(2-4-9)17-10(19)18-8-5-15-16-6-8/h1-6H,(H,15,16)(H2,17,18,19). The molecule has 1 aromatic heterocycles. The van der Waals surface area contributed by atoms with Crippen LogP contribution in [0, 0.1) is 0 Å². The molecule has 1 heterocycles. The maximum atomic E-state index is 12.0. The number of hydrogen-bond donors (Lipinski definition) is 3. The number of ether oxygens (including phenoxy) is 1. The van der Waals surface area contributed by atoms with Crippen molar-refractivity contribution in [1.82, 2.24) is 10.2 Å². The maximum Gasteiger partial charge on any atom is 0.573 e. The van der Waals surface area contributed by atoms with Crippen LogP contribution < -0.4 is 15.4 Å². The highest BCUT2D eigenvalue weighted by atomic mass is 19.4. The molecule has 0 aliphatic carbocycles. The third-order valence-electron chi connectivity index (χ3n) is 2.10. The van der Waals surface area contributed by atoms with Crippen LogP contribution in [0.2, 0.25) is 0 Å². The average Bonchev–Trinajstić information content (AvgIpc) is 2.82. The van der Waals surface area contributed by atoms with Gasteiger partial charge < -0.3 is 15.4 Å². The van der Waals surface area contributed by atoms with Gasteiger partial charge in [-0.3, -0.25) is 5.10 Å². The zero-order chi connectivity index (χ0) is 14.6. The highest BCUT2D eigenvalue weighted by Crippen LogP contribution is 2.23. The Morgan fingerprint density at radius 3 is 2.35 bits per heavy atom. The van der Waals surface area contributed by atoms with Crippen LogP contribution in [0.1, 0.15) is 0 Å². The molecular formula is C11H9F3N4O2. The van der Waals surface area contributed by atoms with Gasteiger partial charge in [-0.2, -0.15) is 5.10 Å². The summed E-state index contributed by atoms with van der Waals surface area (Å²) in [6.07, 6.45) is -1.87. The fraction of sp³-hybridized carbons (Fsp3) is 0.0909. The number of anilines is 2. The predicted octanol–water partition coefficient (Wildman–Crippen LogP) is 2.95. The highest BCUT2D eigenvalue weighted by molar-refractivity contribution is 5.99. The largest absolute Gasteiger partial charge is 0.573 e. The number of rotatable bonds is 3. The smallest absolute Gasteiger partial charge is 0.406 e. The number of nitrogens with zero attached hydrogens (tertiary/aromatic N) is 1. The van der Waals surface area contributed by atoms with Crippen molar-refractivity contribution >= 4 is 17.4 Å². The monoisotopic (exact) mass is 286 g/mol. The Balaban J connectivity index is 1.92. The van der Waals surface area contributed by atoms with Crippen molar-refractivity contribution in [2.75, 3.05) is 10.6 Å². The minimum Gasteiger partial charge on any atom is -0.406 e. The predicted molar refractivity (Wildman–Crippen MR) is 64.4 cm³/mol. The van der Waals surface area contributed by atoms with Crippen LogP contribution in [0.3, 0.4) is 0 Å². The van der Waals surface area contributed by atoms with E-state index in [9.17, 15) is 18.0 Å². The maximum absolute atomic E-state index is 12.0. The Morgan fingerprint density at radius 2 is 1.80 bits per heavy atom. The Bertz CT molecular complexity index is 566. The van der Waals surface area contributed by atoms with E-state index in [4.69, 9.17) is 0 Å². The van der Waals surface area contributed by atoms with Crippen LogP contribution in [0.5, 0.6) is 5.75 Å². The fourth-order valence-corrected chi connectivity index (χ4v) is 1.35. The van der Waals surface area contributed by atoms with E-state index in [0.29, 0.717) is 11.4 Å². The van der Waals surface area contributed by atoms with Crippen molar-refractivity contribution in [3.63, 3.8) is 0 Å². The van der Waals surface area contributed by atoms with Crippen LogP contribution in [0.15, 0.2) is 36.7 Å². The number of nitrogens with one attached hydrogen (secondary N) is 3. The number of aromatic nitrogens is 2. The molecule has 0 atom stereocenters. The van der Waals surface area contributed by atoms with E-state index >= 15 is 0 Å². The second kappa shape index (κ2) is 5.51. The zero-order valence-corrected chi connectivity index (χ0v) is 9.86. The number of carbonyl (C=O) groups is 1. The van der Waals surface area contributed by atoms with Gasteiger partial charge in [-0.1, -0.05) is 0 Å². The summed E-state index contributed by atoms with van der Waals surface area (Å²) in [6, 6.07) is 4.23. The van der Waals surface area contributed by atoms with Gasteiger partial charge in [0.1, 0.15) is 5.75 Å². The first-order chi connectivity index (χ1) is 9.42. The van der Waals surface area contributed by atoms with Gasteiger partial charge in [0.05, 0.1) is 11.9 Å². The molecule has 3 N–H and O–H groups in total. The van der Waals surface area contributed by atoms with Crippen LogP contribution >= 0.6 is 0 Å². The van der Waals surface area contributed by atoms with E-state index < -0.39 is 12.4 Å². The van der Waals surface area contributed by atoms with Gasteiger partial charge in [-0.05, 0) is 24.3 Å². The molecule has 0 spiro atoms. The molecule has 9 heteroatoms. The minimum absolute atomic E-state index is 0.320. The van der Waals surface area contributed by atoms with E-state index in [1.54, 1.807) is 0 Å². The lowest BCUT2D eigenvalue weighted by Crippen LogP contribution is -2.19. The molecule has 0 fully saturated rings. The first-order valence-corrected chi connectivity index (χ1v) is 5.35. The SMILES string of the molecule is O=C(Nc1ccc(OC(F)(F)F)cc1)Nc1cn[nH]c1. The Kier molecular flexibility index (Phi) is 3.78. The summed E-state index contributed by atoms with van der Waals surface area (Å²) in [4.78, 5) is 11.5. The van der Waals surface area contributed by atoms with Crippen molar-refractivity contribution in [1.29, 1.82) is 0 Å². The van der Waals surface area contributed by atoms with Crippen molar-refractivity contribution < 1.29 is 22.7 Å². The van der Waals surface area contributed by atoms with Crippen molar-refractivity contribution in [2.24, 2.45) is 0 Å². The topological polar surface area (TPSA) is 79.0 Å². The lowest BCUT2D eigenvalue weighted by atomic mass is 10.3. The third-order valence-corrected chi connectivity index (χ3v) is 2.10. The summed E-state index contributed by atoms with van der Waals surface area (Å²) >= 11 is 0. The molecule has 6 nitrogen and oxygen atoms in total. The van der Waals surface area contributed by atoms with E-state index in [1.807, 2.05) is 0 Å². The molecular weight excluding hydrogens is 277 g/mol. The van der Waals surface area contributed by atoms with Gasteiger partial charge in [0.2, 0.25) is 0 Å². The summed E-state index contributed by atoms with van der Waals surface area (Å²) in [5.74, 6) is -0.363. The fourth-order valence-electron chi connectivity index (χ4n) is 1.35. The second-order valence-corrected chi connectivity index (χ2v) is 3.64. The molecule has 0 radical (unpaired) electrons. The van der Waals surface area contributed by atoms with Gasteiger partial charge in [0.25, 0.3) is 0 Å². The molecule has 0 saturated carbocycles. The molecule has 0 unspecified atom stereocenters. The highest BCUT2D eigenvalue weighted by Gasteiger charge is 2.30. The molecule has 0 aliphatic heterocycles. The molecule has 0 bridgehead atoms. The van der Waals surface area contributed by atoms with E-state index in [0.717, 1.165) is 12.1 Å². The molecule has 2 aromatic rings. The summed E-state index contributed by atoms with van der Waals surface area (Å²) < 4.78 is 39.6. The van der Waals surface area contributed by atoms with Crippen molar-refractivity contribution in [2.45, 2.75) is 6.36 Å². The summed E-state index contributed by atoms with van der Waals surface area (Å²) in [6.45, 7) is 0. The number of halogens is 3. The van der Waals surface area contributed by atoms with Gasteiger partial charge in [0, 0.05) is 11.9 Å². The number of urea groups is 1. The van der Waals surface area contributed by atoms with Crippen LogP contribution in [-0.2, 0) is 0 Å². The zero-order valence-electron chi connectivity index (χ0n) is 9.86. The quantitative estimate of drug-likeness (QED) is 0.811. The van der Waals surface area contributed by atoms with Crippen LogP contribution in [0.25, 0.3) is 0 Å². The number of aromatic amines is 1. The minimum atomic E-state index is -4.74. The Hall–Kier alpha value is -2.71. The average molecular weight is 286 g/mol. The van der Waals surface area contributed by atoms with E-state index in [2.05, 4.69) is 25.6 Å². The number of benzene rings is 1. The van der Waals surface area contributed by atoms with Crippen molar-refractivity contribution in [3.8, 4) is 5.75 Å². The molecule has 0 aliphatic rings. The van der Waals surface area contributed by atoms with Gasteiger partial charge >= 0.3 is 12.4 Å². The lowest BCUT2D eigenvalue weighted by Gasteiger charge is -2.10. The number of hydrogen-bond acceptors (Lipinski definition) is 3. The van der Waals surface area contributed by atoms with Gasteiger partial charge in [-0.25, -0.2) is 4.79 Å². The van der Waals surface area contributed by atoms with E-state index in [-0.39, 0.29) is 5.75 Å². The Morgan fingerprint density at radius 1 is 1.15 bits per heavy atom. The normalized spacial score (nSPS) is 10.9. The Labute approximate surface area is 110 Å². The molecule has 1 aromatic carbocycles. The van der Waals surface area contributed by atoms with Gasteiger partial charge in [0.15, 0.2) is 0 Å². The number of H-pyrrole nitrogens is 1. The van der Waals surface area contributed by atoms with Crippen LogP contribution in [-0.4, -0.2) is 22.6 Å². The third kappa shape index (κ3) is 4.19. The second-order valence-electron chi connectivity index (χ2n) is 3.64. The van der Waals surface area contributed by atoms with Crippen molar-refractivity contribution in [3.05, 3.63) is 36.7 Å².